The summed E-state index contributed by atoms with van der Waals surface area (Å²) >= 11 is 6.01. The molecule has 96 valence electrons. The summed E-state index contributed by atoms with van der Waals surface area (Å²) in [5.41, 5.74) is 6.52. The second kappa shape index (κ2) is 6.53. The molecule has 4 nitrogen and oxygen atoms in total. The second-order valence-corrected chi connectivity index (χ2v) is 5.90. The molecule has 0 aromatic heterocycles. The molecule has 1 rings (SSSR count). The van der Waals surface area contributed by atoms with Gasteiger partial charge in [-0.3, -0.25) is 4.57 Å². The largest absolute Gasteiger partial charge is 0.351 e. The summed E-state index contributed by atoms with van der Waals surface area (Å²) in [6.45, 7) is 4.03. The van der Waals surface area contributed by atoms with E-state index in [1.54, 1.807) is 38.1 Å². The van der Waals surface area contributed by atoms with E-state index in [0.29, 0.717) is 10.6 Å². The summed E-state index contributed by atoms with van der Waals surface area (Å²) < 4.78 is 22.8. The van der Waals surface area contributed by atoms with Gasteiger partial charge in [-0.15, -0.1) is 0 Å². The van der Waals surface area contributed by atoms with Crippen LogP contribution in [0.3, 0.4) is 0 Å². The minimum Gasteiger partial charge on any atom is -0.314 e. The molecule has 2 N–H and O–H groups in total. The molecule has 1 aromatic rings. The van der Waals surface area contributed by atoms with Crippen LogP contribution in [0, 0.1) is 0 Å². The Morgan fingerprint density at radius 1 is 1.29 bits per heavy atom. The normalized spacial score (nSPS) is 13.6. The SMILES string of the molecule is CCOP(=O)(OCC)[C@H](N)c1ccccc1Cl. The molecular weight excluding hydrogens is 261 g/mol. The lowest BCUT2D eigenvalue weighted by Gasteiger charge is -2.23. The summed E-state index contributed by atoms with van der Waals surface area (Å²) in [5.74, 6) is -0.865. The molecule has 0 aliphatic carbocycles. The minimum absolute atomic E-state index is 0.273. The maximum absolute atomic E-state index is 12.4. The van der Waals surface area contributed by atoms with Crippen molar-refractivity contribution in [3.63, 3.8) is 0 Å². The first-order valence-electron chi connectivity index (χ1n) is 5.44. The van der Waals surface area contributed by atoms with E-state index in [1.807, 2.05) is 0 Å². The number of benzene rings is 1. The molecule has 0 aliphatic heterocycles. The predicted octanol–water partition coefficient (Wildman–Crippen LogP) is 3.56. The first-order valence-corrected chi connectivity index (χ1v) is 7.43. The van der Waals surface area contributed by atoms with Gasteiger partial charge in [0.1, 0.15) is 5.78 Å². The van der Waals surface area contributed by atoms with Crippen molar-refractivity contribution in [3.8, 4) is 0 Å². The Kier molecular flexibility index (Phi) is 5.63. The number of hydrogen-bond donors (Lipinski definition) is 1. The standard InChI is InChI=1S/C11H17ClNO3P/c1-3-15-17(14,16-4-2)11(13)9-7-5-6-8-10(9)12/h5-8,11H,3-4,13H2,1-2H3/t11-/m0/s1. The van der Waals surface area contributed by atoms with E-state index in [-0.39, 0.29) is 13.2 Å². The third kappa shape index (κ3) is 3.54. The number of hydrogen-bond acceptors (Lipinski definition) is 4. The number of rotatable bonds is 6. The first-order chi connectivity index (χ1) is 8.05. The van der Waals surface area contributed by atoms with Gasteiger partial charge in [0.05, 0.1) is 13.2 Å². The van der Waals surface area contributed by atoms with Crippen LogP contribution in [0.5, 0.6) is 0 Å². The number of nitrogens with two attached hydrogens (primary N) is 1. The van der Waals surface area contributed by atoms with Gasteiger partial charge >= 0.3 is 7.60 Å². The Hall–Kier alpha value is -0.380. The summed E-state index contributed by atoms with van der Waals surface area (Å²) in [7, 11) is -3.37. The van der Waals surface area contributed by atoms with Crippen LogP contribution >= 0.6 is 19.2 Å². The van der Waals surface area contributed by atoms with Gasteiger partial charge in [0.25, 0.3) is 0 Å². The molecule has 6 heteroatoms. The minimum atomic E-state index is -3.37. The van der Waals surface area contributed by atoms with E-state index < -0.39 is 13.4 Å². The van der Waals surface area contributed by atoms with Crippen LogP contribution in [0.2, 0.25) is 5.02 Å². The van der Waals surface area contributed by atoms with Crippen LogP contribution < -0.4 is 5.73 Å². The van der Waals surface area contributed by atoms with Gasteiger partial charge in [0.15, 0.2) is 0 Å². The Morgan fingerprint density at radius 3 is 2.29 bits per heavy atom. The van der Waals surface area contributed by atoms with Gasteiger partial charge in [-0.05, 0) is 25.5 Å². The van der Waals surface area contributed by atoms with Crippen molar-refractivity contribution in [2.45, 2.75) is 19.6 Å². The van der Waals surface area contributed by atoms with Crippen LogP contribution in [-0.2, 0) is 13.6 Å². The van der Waals surface area contributed by atoms with Gasteiger partial charge < -0.3 is 14.8 Å². The van der Waals surface area contributed by atoms with E-state index >= 15 is 0 Å². The van der Waals surface area contributed by atoms with Crippen molar-refractivity contribution in [1.82, 2.24) is 0 Å². The van der Waals surface area contributed by atoms with E-state index in [1.165, 1.54) is 0 Å². The van der Waals surface area contributed by atoms with E-state index in [4.69, 9.17) is 26.4 Å². The zero-order chi connectivity index (χ0) is 12.9. The summed E-state index contributed by atoms with van der Waals surface area (Å²) in [6, 6.07) is 6.98. The smallest absolute Gasteiger partial charge is 0.314 e. The number of halogens is 1. The second-order valence-electron chi connectivity index (χ2n) is 3.34. The molecule has 17 heavy (non-hydrogen) atoms. The zero-order valence-corrected chi connectivity index (χ0v) is 11.6. The lowest BCUT2D eigenvalue weighted by Crippen LogP contribution is -2.15. The average molecular weight is 278 g/mol. The van der Waals surface area contributed by atoms with Gasteiger partial charge in [0.2, 0.25) is 0 Å². The van der Waals surface area contributed by atoms with Crippen molar-refractivity contribution in [3.05, 3.63) is 34.9 Å². The molecular formula is C11H17ClNO3P. The summed E-state index contributed by atoms with van der Waals surface area (Å²) in [5, 5.41) is 0.458. The molecule has 0 heterocycles. The van der Waals surface area contributed by atoms with Crippen molar-refractivity contribution >= 4 is 19.2 Å². The summed E-state index contributed by atoms with van der Waals surface area (Å²) in [4.78, 5) is 0. The average Bonchev–Trinajstić information content (AvgIpc) is 2.29. The van der Waals surface area contributed by atoms with Crippen LogP contribution in [0.1, 0.15) is 25.2 Å². The topological polar surface area (TPSA) is 61.5 Å². The highest BCUT2D eigenvalue weighted by molar-refractivity contribution is 7.54. The van der Waals surface area contributed by atoms with E-state index in [9.17, 15) is 4.57 Å². The maximum atomic E-state index is 12.4. The zero-order valence-electron chi connectivity index (χ0n) is 9.93. The molecule has 0 radical (unpaired) electrons. The van der Waals surface area contributed by atoms with Gasteiger partial charge in [-0.1, -0.05) is 29.8 Å². The molecule has 0 saturated carbocycles. The third-order valence-corrected chi connectivity index (χ3v) is 4.72. The molecule has 0 bridgehead atoms. The Balaban J connectivity index is 3.04. The van der Waals surface area contributed by atoms with E-state index in [0.717, 1.165) is 0 Å². The highest BCUT2D eigenvalue weighted by atomic mass is 35.5. The molecule has 0 spiro atoms. The maximum Gasteiger partial charge on any atom is 0.351 e. The monoisotopic (exact) mass is 277 g/mol. The highest BCUT2D eigenvalue weighted by Crippen LogP contribution is 2.58. The van der Waals surface area contributed by atoms with E-state index in [2.05, 4.69) is 0 Å². The quantitative estimate of drug-likeness (QED) is 0.808. The molecule has 0 unspecified atom stereocenters. The first kappa shape index (κ1) is 14.7. The summed E-state index contributed by atoms with van der Waals surface area (Å²) in [6.07, 6.45) is 0. The fourth-order valence-corrected chi connectivity index (χ4v) is 3.45. The van der Waals surface area contributed by atoms with Crippen LogP contribution in [-0.4, -0.2) is 13.2 Å². The van der Waals surface area contributed by atoms with Gasteiger partial charge in [0, 0.05) is 5.02 Å². The molecule has 1 aromatic carbocycles. The Bertz CT molecular complexity index is 403. The molecule has 0 aliphatic rings. The van der Waals surface area contributed by atoms with Gasteiger partial charge in [-0.2, -0.15) is 0 Å². The predicted molar refractivity (Wildman–Crippen MR) is 69.2 cm³/mol. The molecule has 0 fully saturated rings. The Morgan fingerprint density at radius 2 is 1.82 bits per heavy atom. The fourth-order valence-electron chi connectivity index (χ4n) is 1.44. The van der Waals surface area contributed by atoms with Gasteiger partial charge in [-0.25, -0.2) is 0 Å². The van der Waals surface area contributed by atoms with Crippen molar-refractivity contribution in [1.29, 1.82) is 0 Å². The molecule has 0 amide bonds. The highest BCUT2D eigenvalue weighted by Gasteiger charge is 2.34. The van der Waals surface area contributed by atoms with Crippen LogP contribution in [0.15, 0.2) is 24.3 Å². The third-order valence-electron chi connectivity index (χ3n) is 2.18. The lowest BCUT2D eigenvalue weighted by molar-refractivity contribution is 0.212. The molecule has 1 atom stereocenters. The fraction of sp³-hybridized carbons (Fsp3) is 0.455. The van der Waals surface area contributed by atoms with Crippen LogP contribution in [0.25, 0.3) is 0 Å². The van der Waals surface area contributed by atoms with Crippen LogP contribution in [0.4, 0.5) is 0 Å². The van der Waals surface area contributed by atoms with Crippen molar-refractivity contribution < 1.29 is 13.6 Å². The van der Waals surface area contributed by atoms with Crippen molar-refractivity contribution in [2.75, 3.05) is 13.2 Å². The molecule has 0 saturated heterocycles. The van der Waals surface area contributed by atoms with Crippen molar-refractivity contribution in [2.24, 2.45) is 5.73 Å². The lowest BCUT2D eigenvalue weighted by atomic mass is 10.2. The Labute approximate surface area is 107 Å².